The highest BCUT2D eigenvalue weighted by atomic mass is 32.2. The minimum absolute atomic E-state index is 0.0595. The van der Waals surface area contributed by atoms with E-state index in [-0.39, 0.29) is 30.8 Å². The smallest absolute Gasteiger partial charge is 0.241 e. The van der Waals surface area contributed by atoms with Gasteiger partial charge in [0.2, 0.25) is 15.9 Å². The lowest BCUT2D eigenvalue weighted by Gasteiger charge is -2.21. The van der Waals surface area contributed by atoms with Crippen LogP contribution in [0.1, 0.15) is 47.9 Å². The van der Waals surface area contributed by atoms with Crippen molar-refractivity contribution >= 4 is 27.3 Å². The van der Waals surface area contributed by atoms with Gasteiger partial charge in [-0.25, -0.2) is 13.1 Å². The molecule has 0 aliphatic heterocycles. The highest BCUT2D eigenvalue weighted by Crippen LogP contribution is 2.26. The summed E-state index contributed by atoms with van der Waals surface area (Å²) < 4.78 is 27.8. The zero-order valence-corrected chi connectivity index (χ0v) is 18.1. The summed E-state index contributed by atoms with van der Waals surface area (Å²) in [6.07, 6.45) is 0.0950. The van der Waals surface area contributed by atoms with E-state index in [1.165, 1.54) is 0 Å². The summed E-state index contributed by atoms with van der Waals surface area (Å²) in [4.78, 5) is 13.7. The number of aryl methyl sites for hydroxylation is 3. The Hall–Kier alpha value is -1.70. The van der Waals surface area contributed by atoms with Gasteiger partial charge in [0.25, 0.3) is 0 Å². The van der Waals surface area contributed by atoms with Crippen molar-refractivity contribution in [2.45, 2.75) is 52.0 Å². The quantitative estimate of drug-likeness (QED) is 0.696. The molecule has 1 unspecified atom stereocenters. The molecule has 1 aromatic carbocycles. The number of hydrogen-bond acceptors (Lipinski definition) is 4. The molecule has 0 spiro atoms. The summed E-state index contributed by atoms with van der Waals surface area (Å²) in [6, 6.07) is 7.60. The van der Waals surface area contributed by atoms with Gasteiger partial charge in [-0.1, -0.05) is 37.6 Å². The molecule has 0 bridgehead atoms. The zero-order valence-electron chi connectivity index (χ0n) is 16.5. The highest BCUT2D eigenvalue weighted by molar-refractivity contribution is 7.89. The van der Waals surface area contributed by atoms with Gasteiger partial charge in [-0.2, -0.15) is 0 Å². The predicted molar refractivity (Wildman–Crippen MR) is 110 cm³/mol. The SMILES string of the molecule is Cc1cc(C)c(S(=O)(=O)NCCC(=O)NC(c2cccs2)C(C)C)c(C)c1. The van der Waals surface area contributed by atoms with Gasteiger partial charge in [0.15, 0.2) is 0 Å². The maximum atomic E-state index is 12.6. The van der Waals surface area contributed by atoms with E-state index in [0.29, 0.717) is 16.0 Å². The average molecular weight is 409 g/mol. The van der Waals surface area contributed by atoms with Crippen molar-refractivity contribution < 1.29 is 13.2 Å². The van der Waals surface area contributed by atoms with Crippen LogP contribution >= 0.6 is 11.3 Å². The monoisotopic (exact) mass is 408 g/mol. The first kappa shape index (κ1) is 21.6. The normalized spacial score (nSPS) is 13.0. The first-order chi connectivity index (χ1) is 12.6. The van der Waals surface area contributed by atoms with Gasteiger partial charge < -0.3 is 5.32 Å². The Morgan fingerprint density at radius 1 is 1.15 bits per heavy atom. The van der Waals surface area contributed by atoms with Crippen molar-refractivity contribution in [2.75, 3.05) is 6.54 Å². The van der Waals surface area contributed by atoms with E-state index in [9.17, 15) is 13.2 Å². The first-order valence-electron chi connectivity index (χ1n) is 9.02. The summed E-state index contributed by atoms with van der Waals surface area (Å²) in [5.41, 5.74) is 2.45. The van der Waals surface area contributed by atoms with Crippen molar-refractivity contribution in [1.29, 1.82) is 0 Å². The Bertz CT molecular complexity index is 865. The van der Waals surface area contributed by atoms with Crippen LogP contribution in [-0.2, 0) is 14.8 Å². The first-order valence-corrected chi connectivity index (χ1v) is 11.4. The highest BCUT2D eigenvalue weighted by Gasteiger charge is 2.22. The molecule has 1 aromatic heterocycles. The number of rotatable bonds is 8. The molecule has 0 saturated carbocycles. The van der Waals surface area contributed by atoms with Crippen molar-refractivity contribution in [1.82, 2.24) is 10.0 Å². The molecular formula is C20H28N2O3S2. The van der Waals surface area contributed by atoms with E-state index in [0.717, 1.165) is 10.4 Å². The molecule has 7 heteroatoms. The second-order valence-electron chi connectivity index (χ2n) is 7.18. The molecule has 5 nitrogen and oxygen atoms in total. The third-order valence-electron chi connectivity index (χ3n) is 4.35. The fourth-order valence-corrected chi connectivity index (χ4v) is 5.67. The Labute approximate surface area is 166 Å². The third kappa shape index (κ3) is 5.64. The van der Waals surface area contributed by atoms with E-state index in [1.54, 1.807) is 25.2 Å². The van der Waals surface area contributed by atoms with Crippen LogP contribution in [0.25, 0.3) is 0 Å². The van der Waals surface area contributed by atoms with Gasteiger partial charge in [-0.05, 0) is 49.3 Å². The fraction of sp³-hybridized carbons (Fsp3) is 0.450. The maximum Gasteiger partial charge on any atom is 0.241 e. The molecule has 27 heavy (non-hydrogen) atoms. The third-order valence-corrected chi connectivity index (χ3v) is 7.07. The molecular weight excluding hydrogens is 380 g/mol. The molecule has 1 heterocycles. The van der Waals surface area contributed by atoms with Crippen LogP contribution in [0.15, 0.2) is 34.5 Å². The Kier molecular flexibility index (Phi) is 7.19. The van der Waals surface area contributed by atoms with Crippen molar-refractivity contribution in [2.24, 2.45) is 5.92 Å². The minimum Gasteiger partial charge on any atom is -0.348 e. The average Bonchev–Trinajstić information content (AvgIpc) is 3.04. The van der Waals surface area contributed by atoms with Crippen LogP contribution < -0.4 is 10.0 Å². The Morgan fingerprint density at radius 3 is 2.30 bits per heavy atom. The lowest BCUT2D eigenvalue weighted by Crippen LogP contribution is -2.34. The molecule has 2 aromatic rings. The topological polar surface area (TPSA) is 75.3 Å². The van der Waals surface area contributed by atoms with Crippen molar-refractivity contribution in [3.8, 4) is 0 Å². The van der Waals surface area contributed by atoms with E-state index in [1.807, 2.05) is 36.6 Å². The molecule has 0 radical (unpaired) electrons. The van der Waals surface area contributed by atoms with Crippen molar-refractivity contribution in [3.05, 3.63) is 51.2 Å². The van der Waals surface area contributed by atoms with Gasteiger partial charge in [-0.15, -0.1) is 11.3 Å². The van der Waals surface area contributed by atoms with Crippen LogP contribution in [0.2, 0.25) is 0 Å². The Balaban J connectivity index is 1.98. The van der Waals surface area contributed by atoms with Gasteiger partial charge >= 0.3 is 0 Å². The van der Waals surface area contributed by atoms with Gasteiger partial charge in [0.1, 0.15) is 0 Å². The summed E-state index contributed by atoms with van der Waals surface area (Å²) in [7, 11) is -3.65. The van der Waals surface area contributed by atoms with Gasteiger partial charge in [0.05, 0.1) is 10.9 Å². The number of carbonyl (C=O) groups is 1. The number of nitrogens with one attached hydrogen (secondary N) is 2. The maximum absolute atomic E-state index is 12.6. The van der Waals surface area contributed by atoms with Crippen molar-refractivity contribution in [3.63, 3.8) is 0 Å². The van der Waals surface area contributed by atoms with Gasteiger partial charge in [0, 0.05) is 17.8 Å². The fourth-order valence-electron chi connectivity index (χ4n) is 3.24. The van der Waals surface area contributed by atoms with Crippen LogP contribution in [0.5, 0.6) is 0 Å². The second kappa shape index (κ2) is 8.99. The molecule has 1 atom stereocenters. The zero-order chi connectivity index (χ0) is 20.2. The number of hydrogen-bond donors (Lipinski definition) is 2. The summed E-state index contributed by atoms with van der Waals surface area (Å²) in [6.45, 7) is 9.68. The minimum atomic E-state index is -3.65. The molecule has 1 amide bonds. The van der Waals surface area contributed by atoms with E-state index < -0.39 is 10.0 Å². The number of carbonyl (C=O) groups excluding carboxylic acids is 1. The summed E-state index contributed by atoms with van der Waals surface area (Å²) in [5, 5.41) is 5.00. The second-order valence-corrected chi connectivity index (χ2v) is 9.86. The van der Waals surface area contributed by atoms with E-state index in [2.05, 4.69) is 23.9 Å². The molecule has 0 fully saturated rings. The molecule has 2 N–H and O–H groups in total. The van der Waals surface area contributed by atoms with Gasteiger partial charge in [-0.3, -0.25) is 4.79 Å². The predicted octanol–water partition coefficient (Wildman–Crippen LogP) is 3.86. The Morgan fingerprint density at radius 2 is 1.78 bits per heavy atom. The van der Waals surface area contributed by atoms with Crippen LogP contribution in [0, 0.1) is 26.7 Å². The van der Waals surface area contributed by atoms with E-state index in [4.69, 9.17) is 0 Å². The number of benzene rings is 1. The number of thiophene rings is 1. The van der Waals surface area contributed by atoms with Crippen LogP contribution in [0.4, 0.5) is 0 Å². The molecule has 0 aliphatic rings. The molecule has 148 valence electrons. The largest absolute Gasteiger partial charge is 0.348 e. The van der Waals surface area contributed by atoms with Crippen LogP contribution in [0.3, 0.4) is 0 Å². The molecule has 0 saturated heterocycles. The number of sulfonamides is 1. The lowest BCUT2D eigenvalue weighted by atomic mass is 10.0. The molecule has 0 aliphatic carbocycles. The molecule has 2 rings (SSSR count). The summed E-state index contributed by atoms with van der Waals surface area (Å²) >= 11 is 1.60. The van der Waals surface area contributed by atoms with Crippen LogP contribution in [-0.4, -0.2) is 20.9 Å². The number of amides is 1. The summed E-state index contributed by atoms with van der Waals surface area (Å²) in [5.74, 6) is 0.0873. The lowest BCUT2D eigenvalue weighted by molar-refractivity contribution is -0.122. The van der Waals surface area contributed by atoms with E-state index >= 15 is 0 Å². The standard InChI is InChI=1S/C20H28N2O3S2/c1-13(2)19(17-7-6-10-26-17)22-18(23)8-9-21-27(24,25)20-15(4)11-14(3)12-16(20)5/h6-7,10-13,19,21H,8-9H2,1-5H3,(H,22,23).